The number of nitrogens with two attached hydrogens (primary N) is 2. The van der Waals surface area contributed by atoms with Gasteiger partial charge in [0.1, 0.15) is 17.5 Å². The Morgan fingerprint density at radius 1 is 1.23 bits per heavy atom. The lowest BCUT2D eigenvalue weighted by atomic mass is 10.1. The van der Waals surface area contributed by atoms with E-state index >= 15 is 0 Å². The van der Waals surface area contributed by atoms with E-state index < -0.39 is 23.8 Å². The quantitative estimate of drug-likeness (QED) is 0.119. The number of benzene rings is 1. The third-order valence-corrected chi connectivity index (χ3v) is 4.02. The molecule has 1 aromatic carbocycles. The van der Waals surface area contributed by atoms with Gasteiger partial charge in [-0.3, -0.25) is 9.59 Å². The Kier molecular flexibility index (Phi) is 9.99. The van der Waals surface area contributed by atoms with Gasteiger partial charge >= 0.3 is 5.97 Å². The highest BCUT2D eigenvalue weighted by molar-refractivity contribution is 6.20. The van der Waals surface area contributed by atoms with E-state index in [0.717, 1.165) is 7.11 Å². The van der Waals surface area contributed by atoms with Crippen LogP contribution in [-0.4, -0.2) is 61.4 Å². The summed E-state index contributed by atoms with van der Waals surface area (Å²) < 4.78 is 10.1. The number of hydrogen-bond donors (Lipinski definition) is 6. The van der Waals surface area contributed by atoms with Crippen LogP contribution >= 0.6 is 0 Å². The molecular formula is C20H29N5O6. The molecule has 170 valence electrons. The Labute approximate surface area is 180 Å². The fraction of sp³-hybridized carbons (Fsp3) is 0.400. The fourth-order valence-corrected chi connectivity index (χ4v) is 2.58. The minimum Gasteiger partial charge on any atom is -0.508 e. The number of phenols is 1. The van der Waals surface area contributed by atoms with Gasteiger partial charge in [-0.05, 0) is 38.9 Å². The molecule has 0 radical (unpaired) electrons. The molecule has 0 spiro atoms. The highest BCUT2D eigenvalue weighted by atomic mass is 16.5. The van der Waals surface area contributed by atoms with Crippen LogP contribution in [0.5, 0.6) is 11.5 Å². The van der Waals surface area contributed by atoms with Crippen LogP contribution in [0.1, 0.15) is 30.6 Å². The van der Waals surface area contributed by atoms with Crippen molar-refractivity contribution in [1.82, 2.24) is 10.6 Å². The molecule has 0 bridgehead atoms. The van der Waals surface area contributed by atoms with E-state index in [2.05, 4.69) is 15.4 Å². The van der Waals surface area contributed by atoms with Gasteiger partial charge in [-0.1, -0.05) is 0 Å². The molecule has 31 heavy (non-hydrogen) atoms. The Hall–Kier alpha value is -3.60. The SMILES string of the molecule is COC(=O)[C@H](CNC(=O)c1cc(O)cc(OCCCN)c1)NC(=O)/C(C(C)=N)=C(\C)N. The van der Waals surface area contributed by atoms with Crippen LogP contribution in [0, 0.1) is 5.41 Å². The number of carbonyl (C=O) groups excluding carboxylic acids is 3. The number of hydrogen-bond acceptors (Lipinski definition) is 9. The Morgan fingerprint density at radius 3 is 2.45 bits per heavy atom. The lowest BCUT2D eigenvalue weighted by Crippen LogP contribution is -2.50. The second-order valence-corrected chi connectivity index (χ2v) is 6.65. The van der Waals surface area contributed by atoms with Crippen LogP contribution in [0.15, 0.2) is 29.5 Å². The molecule has 0 aromatic heterocycles. The van der Waals surface area contributed by atoms with Crippen molar-refractivity contribution < 1.29 is 29.0 Å². The van der Waals surface area contributed by atoms with Crippen LogP contribution in [0.3, 0.4) is 0 Å². The highest BCUT2D eigenvalue weighted by Gasteiger charge is 2.25. The fourth-order valence-electron chi connectivity index (χ4n) is 2.58. The molecule has 0 saturated carbocycles. The monoisotopic (exact) mass is 435 g/mol. The third-order valence-electron chi connectivity index (χ3n) is 4.02. The normalized spacial score (nSPS) is 12.3. The Balaban J connectivity index is 2.91. The molecule has 1 rings (SSSR count). The van der Waals surface area contributed by atoms with Gasteiger partial charge in [-0.25, -0.2) is 4.79 Å². The molecule has 11 nitrogen and oxygen atoms in total. The third kappa shape index (κ3) is 7.97. The second-order valence-electron chi connectivity index (χ2n) is 6.65. The smallest absolute Gasteiger partial charge is 0.330 e. The number of aromatic hydroxyl groups is 1. The summed E-state index contributed by atoms with van der Waals surface area (Å²) in [5.74, 6) is -2.05. The van der Waals surface area contributed by atoms with Crippen molar-refractivity contribution >= 4 is 23.5 Å². The predicted octanol–water partition coefficient (Wildman–Crippen LogP) is -0.220. The van der Waals surface area contributed by atoms with Crippen molar-refractivity contribution in [3.8, 4) is 11.5 Å². The summed E-state index contributed by atoms with van der Waals surface area (Å²) in [4.78, 5) is 37.0. The highest BCUT2D eigenvalue weighted by Crippen LogP contribution is 2.22. The maximum atomic E-state index is 12.5. The summed E-state index contributed by atoms with van der Waals surface area (Å²) in [5.41, 5.74) is 11.1. The van der Waals surface area contributed by atoms with Crippen molar-refractivity contribution in [2.24, 2.45) is 11.5 Å². The number of methoxy groups -OCH3 is 1. The van der Waals surface area contributed by atoms with E-state index in [0.29, 0.717) is 19.6 Å². The van der Waals surface area contributed by atoms with Gasteiger partial charge < -0.3 is 42.1 Å². The first-order valence-corrected chi connectivity index (χ1v) is 9.46. The zero-order chi connectivity index (χ0) is 23.6. The first-order valence-electron chi connectivity index (χ1n) is 9.46. The van der Waals surface area contributed by atoms with E-state index in [4.69, 9.17) is 21.6 Å². The number of esters is 1. The van der Waals surface area contributed by atoms with Crippen molar-refractivity contribution in [1.29, 1.82) is 5.41 Å². The number of carbonyl (C=O) groups is 3. The number of rotatable bonds is 11. The predicted molar refractivity (Wildman–Crippen MR) is 114 cm³/mol. The van der Waals surface area contributed by atoms with E-state index in [9.17, 15) is 19.5 Å². The number of allylic oxidation sites excluding steroid dienone is 1. The molecule has 2 amide bonds. The molecule has 0 aliphatic carbocycles. The first-order chi connectivity index (χ1) is 14.6. The molecule has 11 heteroatoms. The van der Waals surface area contributed by atoms with Crippen LogP contribution in [0.25, 0.3) is 0 Å². The summed E-state index contributed by atoms with van der Waals surface area (Å²) in [5, 5.41) is 22.4. The van der Waals surface area contributed by atoms with E-state index in [1.807, 2.05) is 0 Å². The lowest BCUT2D eigenvalue weighted by molar-refractivity contribution is -0.144. The first kappa shape index (κ1) is 25.4. The number of nitrogens with one attached hydrogen (secondary N) is 3. The molecular weight excluding hydrogens is 406 g/mol. The largest absolute Gasteiger partial charge is 0.508 e. The average molecular weight is 435 g/mol. The van der Waals surface area contributed by atoms with Gasteiger partial charge in [-0.2, -0.15) is 0 Å². The van der Waals surface area contributed by atoms with Crippen LogP contribution in [0.2, 0.25) is 0 Å². The van der Waals surface area contributed by atoms with Crippen molar-refractivity contribution in [2.45, 2.75) is 26.3 Å². The number of phenolic OH excluding ortho intramolecular Hbond substituents is 1. The number of ether oxygens (including phenoxy) is 2. The van der Waals surface area contributed by atoms with Crippen LogP contribution < -0.4 is 26.8 Å². The minimum atomic E-state index is -1.23. The maximum absolute atomic E-state index is 12.5. The van der Waals surface area contributed by atoms with Crippen molar-refractivity contribution in [3.05, 3.63) is 35.0 Å². The Bertz CT molecular complexity index is 864. The van der Waals surface area contributed by atoms with E-state index in [1.165, 1.54) is 32.0 Å². The van der Waals surface area contributed by atoms with Gasteiger partial charge in [-0.15, -0.1) is 0 Å². The molecule has 0 saturated heterocycles. The molecule has 0 heterocycles. The van der Waals surface area contributed by atoms with E-state index in [1.54, 1.807) is 0 Å². The Morgan fingerprint density at radius 2 is 1.90 bits per heavy atom. The molecule has 0 aliphatic heterocycles. The van der Waals surface area contributed by atoms with Crippen LogP contribution in [-0.2, 0) is 14.3 Å². The molecule has 1 atom stereocenters. The van der Waals surface area contributed by atoms with Gasteiger partial charge in [0.15, 0.2) is 0 Å². The zero-order valence-corrected chi connectivity index (χ0v) is 17.8. The molecule has 0 unspecified atom stereocenters. The van der Waals surface area contributed by atoms with Gasteiger partial charge in [0.25, 0.3) is 11.8 Å². The number of amides is 2. The summed E-state index contributed by atoms with van der Waals surface area (Å²) in [6.07, 6.45) is 0.603. The van der Waals surface area contributed by atoms with E-state index in [-0.39, 0.29) is 40.6 Å². The standard InChI is InChI=1S/C20H29N5O6/c1-11(22)17(12(2)23)19(28)25-16(20(29)30-3)10-24-18(27)13-7-14(26)9-15(8-13)31-6-4-5-21/h7-9,16,22,26H,4-6,10,21,23H2,1-3H3,(H,24,27)(H,25,28)/b17-12+,22-11?/t16-/m0/s1. The van der Waals surface area contributed by atoms with Gasteiger partial charge in [0, 0.05) is 29.6 Å². The second kappa shape index (κ2) is 12.2. The minimum absolute atomic E-state index is 0.0764. The summed E-state index contributed by atoms with van der Waals surface area (Å²) in [6, 6.07) is 2.78. The average Bonchev–Trinajstić information content (AvgIpc) is 2.69. The summed E-state index contributed by atoms with van der Waals surface area (Å²) >= 11 is 0. The summed E-state index contributed by atoms with van der Waals surface area (Å²) in [6.45, 7) is 3.29. The summed E-state index contributed by atoms with van der Waals surface area (Å²) in [7, 11) is 1.14. The van der Waals surface area contributed by atoms with Gasteiger partial charge in [0.2, 0.25) is 0 Å². The molecule has 8 N–H and O–H groups in total. The topological polar surface area (TPSA) is 190 Å². The van der Waals surface area contributed by atoms with Gasteiger partial charge in [0.05, 0.1) is 19.3 Å². The molecule has 1 aromatic rings. The molecule has 0 aliphatic rings. The van der Waals surface area contributed by atoms with Crippen molar-refractivity contribution in [3.63, 3.8) is 0 Å². The lowest BCUT2D eigenvalue weighted by Gasteiger charge is -2.18. The van der Waals surface area contributed by atoms with Crippen molar-refractivity contribution in [2.75, 3.05) is 26.8 Å². The maximum Gasteiger partial charge on any atom is 0.330 e. The molecule has 0 fully saturated rings. The van der Waals surface area contributed by atoms with Crippen LogP contribution in [0.4, 0.5) is 0 Å². The zero-order valence-electron chi connectivity index (χ0n) is 17.8.